The molecule has 1 saturated carbocycles. The van der Waals surface area contributed by atoms with Gasteiger partial charge in [-0.05, 0) is 93.2 Å². The monoisotopic (exact) mass is 459 g/mol. The van der Waals surface area contributed by atoms with Crippen LogP contribution < -0.4 is 11.1 Å². The standard InChI is InChI=1S/C27H36F3N3/c1-7-8-21-20(11-12-22(21)26(32-6)33-15(2)3)17(5)25(31)23-13-19(18-9-10-18)14-24(16(23)4)27(28,29)30/h13-14,18,20H,2,7-12,31H2,1,3-6H3,(H,32,33)/b25-17-/t20-/m0/s1. The van der Waals surface area contributed by atoms with Gasteiger partial charge in [0.1, 0.15) is 5.84 Å². The summed E-state index contributed by atoms with van der Waals surface area (Å²) in [4.78, 5) is 4.44. The molecule has 2 aliphatic carbocycles. The Morgan fingerprint density at radius 3 is 2.39 bits per heavy atom. The molecule has 0 aromatic heterocycles. The van der Waals surface area contributed by atoms with E-state index >= 15 is 0 Å². The molecule has 0 saturated heterocycles. The highest BCUT2D eigenvalue weighted by Gasteiger charge is 2.36. The number of nitrogens with zero attached hydrogens (tertiary/aromatic N) is 1. The van der Waals surface area contributed by atoms with E-state index < -0.39 is 11.7 Å². The second-order valence-electron chi connectivity index (χ2n) is 9.43. The molecule has 0 radical (unpaired) electrons. The van der Waals surface area contributed by atoms with Crippen LogP contribution in [0.5, 0.6) is 0 Å². The third-order valence-corrected chi connectivity index (χ3v) is 6.87. The number of allylic oxidation sites excluding steroid dienone is 3. The van der Waals surface area contributed by atoms with Crippen molar-refractivity contribution < 1.29 is 13.2 Å². The summed E-state index contributed by atoms with van der Waals surface area (Å²) >= 11 is 0. The number of nitrogens with two attached hydrogens (primary N) is 1. The molecule has 6 heteroatoms. The van der Waals surface area contributed by atoms with Crippen molar-refractivity contribution in [1.29, 1.82) is 0 Å². The maximum Gasteiger partial charge on any atom is 0.416 e. The molecule has 2 aliphatic rings. The molecular weight excluding hydrogens is 423 g/mol. The van der Waals surface area contributed by atoms with Gasteiger partial charge in [-0.3, -0.25) is 4.99 Å². The number of hydrogen-bond acceptors (Lipinski definition) is 2. The van der Waals surface area contributed by atoms with Gasteiger partial charge in [0, 0.05) is 29.9 Å². The van der Waals surface area contributed by atoms with Crippen molar-refractivity contribution in [2.75, 3.05) is 7.05 Å². The van der Waals surface area contributed by atoms with Crippen LogP contribution >= 0.6 is 0 Å². The van der Waals surface area contributed by atoms with Crippen molar-refractivity contribution in [2.45, 2.75) is 78.3 Å². The Bertz CT molecular complexity index is 1020. The maximum atomic E-state index is 13.8. The molecule has 1 atom stereocenters. The fourth-order valence-electron chi connectivity index (χ4n) is 5.01. The Morgan fingerprint density at radius 1 is 1.21 bits per heavy atom. The molecule has 0 amide bonds. The highest BCUT2D eigenvalue weighted by atomic mass is 19.4. The first-order chi connectivity index (χ1) is 15.5. The van der Waals surface area contributed by atoms with Crippen LogP contribution in [0.3, 0.4) is 0 Å². The van der Waals surface area contributed by atoms with Gasteiger partial charge in [-0.1, -0.05) is 25.5 Å². The van der Waals surface area contributed by atoms with Crippen molar-refractivity contribution in [3.05, 3.63) is 63.4 Å². The summed E-state index contributed by atoms with van der Waals surface area (Å²) < 4.78 is 41.4. The van der Waals surface area contributed by atoms with Crippen LogP contribution in [0.2, 0.25) is 0 Å². The van der Waals surface area contributed by atoms with Gasteiger partial charge in [-0.25, -0.2) is 0 Å². The van der Waals surface area contributed by atoms with E-state index in [0.717, 1.165) is 61.2 Å². The highest BCUT2D eigenvalue weighted by Crippen LogP contribution is 2.46. The van der Waals surface area contributed by atoms with E-state index in [9.17, 15) is 13.2 Å². The summed E-state index contributed by atoms with van der Waals surface area (Å²) in [6.45, 7) is 11.5. The molecule has 3 nitrogen and oxygen atoms in total. The van der Waals surface area contributed by atoms with Gasteiger partial charge in [0.2, 0.25) is 0 Å². The fourth-order valence-corrected chi connectivity index (χ4v) is 5.01. The first kappa shape index (κ1) is 25.1. The number of rotatable bonds is 7. The normalized spacial score (nSPS) is 20.2. The number of halogens is 3. The van der Waals surface area contributed by atoms with Crippen LogP contribution in [-0.2, 0) is 6.18 Å². The van der Waals surface area contributed by atoms with Crippen molar-refractivity contribution in [1.82, 2.24) is 5.32 Å². The third kappa shape index (κ3) is 5.36. The van der Waals surface area contributed by atoms with Crippen LogP contribution in [0.15, 0.2) is 46.1 Å². The first-order valence-corrected chi connectivity index (χ1v) is 11.8. The average Bonchev–Trinajstić information content (AvgIpc) is 3.51. The molecule has 33 heavy (non-hydrogen) atoms. The van der Waals surface area contributed by atoms with E-state index in [-0.39, 0.29) is 17.4 Å². The lowest BCUT2D eigenvalue weighted by atomic mass is 9.85. The number of hydrogen-bond donors (Lipinski definition) is 2. The molecule has 0 bridgehead atoms. The van der Waals surface area contributed by atoms with Crippen LogP contribution in [0.25, 0.3) is 5.70 Å². The molecule has 3 N–H and O–H groups in total. The van der Waals surface area contributed by atoms with Crippen molar-refractivity contribution >= 4 is 11.5 Å². The van der Waals surface area contributed by atoms with E-state index in [1.54, 1.807) is 7.05 Å². The Morgan fingerprint density at radius 2 is 1.88 bits per heavy atom. The summed E-state index contributed by atoms with van der Waals surface area (Å²) in [5, 5.41) is 3.27. The predicted molar refractivity (Wildman–Crippen MR) is 131 cm³/mol. The Balaban J connectivity index is 2.10. The van der Waals surface area contributed by atoms with Crippen LogP contribution in [0.4, 0.5) is 13.2 Å². The first-order valence-electron chi connectivity index (χ1n) is 11.8. The maximum absolute atomic E-state index is 13.8. The lowest BCUT2D eigenvalue weighted by Gasteiger charge is -2.22. The van der Waals surface area contributed by atoms with Gasteiger partial charge in [0.25, 0.3) is 0 Å². The zero-order valence-corrected chi connectivity index (χ0v) is 20.4. The topological polar surface area (TPSA) is 50.4 Å². The minimum absolute atomic E-state index is 0.0990. The molecule has 3 rings (SSSR count). The molecule has 1 aromatic rings. The number of benzene rings is 1. The van der Waals surface area contributed by atoms with Gasteiger partial charge in [0.05, 0.1) is 5.56 Å². The Labute approximate surface area is 195 Å². The Kier molecular flexibility index (Phi) is 7.45. The van der Waals surface area contributed by atoms with Gasteiger partial charge in [0.15, 0.2) is 0 Å². The van der Waals surface area contributed by atoms with Crippen molar-refractivity contribution in [3.63, 3.8) is 0 Å². The second-order valence-corrected chi connectivity index (χ2v) is 9.43. The summed E-state index contributed by atoms with van der Waals surface area (Å²) in [7, 11) is 1.76. The SMILES string of the molecule is C=C(C)NC(=NC)C1=C(CCC)[C@H](/C(C)=C(\N)c2cc(C3CC3)cc(C(F)(F)F)c2C)CC1. The minimum Gasteiger partial charge on any atom is -0.398 e. The number of alkyl halides is 3. The van der Waals surface area contributed by atoms with Crippen LogP contribution in [-0.4, -0.2) is 12.9 Å². The molecular formula is C27H36F3N3. The van der Waals surface area contributed by atoms with Gasteiger partial charge in [-0.2, -0.15) is 13.2 Å². The summed E-state index contributed by atoms with van der Waals surface area (Å²) in [6.07, 6.45) is 1.08. The number of aliphatic imine (C=N–C) groups is 1. The lowest BCUT2D eigenvalue weighted by molar-refractivity contribution is -0.138. The lowest BCUT2D eigenvalue weighted by Crippen LogP contribution is -2.23. The molecule has 0 spiro atoms. The van der Waals surface area contributed by atoms with E-state index in [4.69, 9.17) is 5.73 Å². The zero-order valence-electron chi connectivity index (χ0n) is 20.4. The average molecular weight is 460 g/mol. The second kappa shape index (κ2) is 9.78. The van der Waals surface area contributed by atoms with Crippen LogP contribution in [0, 0.1) is 12.8 Å². The van der Waals surface area contributed by atoms with Crippen LogP contribution in [0.1, 0.15) is 87.5 Å². The van der Waals surface area contributed by atoms with E-state index in [2.05, 4.69) is 23.8 Å². The third-order valence-electron chi connectivity index (χ3n) is 6.87. The summed E-state index contributed by atoms with van der Waals surface area (Å²) in [6, 6.07) is 3.21. The van der Waals surface area contributed by atoms with Crippen molar-refractivity contribution in [3.8, 4) is 0 Å². The molecule has 1 aromatic carbocycles. The van der Waals surface area contributed by atoms with E-state index in [0.29, 0.717) is 11.3 Å². The summed E-state index contributed by atoms with van der Waals surface area (Å²) in [5.41, 5.74) is 12.3. The molecule has 180 valence electrons. The largest absolute Gasteiger partial charge is 0.416 e. The van der Waals surface area contributed by atoms with Gasteiger partial charge in [-0.15, -0.1) is 0 Å². The minimum atomic E-state index is -4.40. The van der Waals surface area contributed by atoms with Crippen molar-refractivity contribution in [2.24, 2.45) is 16.6 Å². The molecule has 0 unspecified atom stereocenters. The quantitative estimate of drug-likeness (QED) is 0.333. The highest BCUT2D eigenvalue weighted by molar-refractivity contribution is 6.00. The van der Waals surface area contributed by atoms with Gasteiger partial charge < -0.3 is 11.1 Å². The smallest absolute Gasteiger partial charge is 0.398 e. The van der Waals surface area contributed by atoms with Gasteiger partial charge >= 0.3 is 6.18 Å². The molecule has 0 heterocycles. The fraction of sp³-hybridized carbons (Fsp3) is 0.519. The zero-order chi connectivity index (χ0) is 24.5. The molecule has 1 fully saturated rings. The number of nitrogens with one attached hydrogen (secondary N) is 1. The Hall–Kier alpha value is -2.50. The molecule has 0 aliphatic heterocycles. The van der Waals surface area contributed by atoms with E-state index in [1.165, 1.54) is 24.1 Å². The van der Waals surface area contributed by atoms with E-state index in [1.807, 2.05) is 19.9 Å². The summed E-state index contributed by atoms with van der Waals surface area (Å²) in [5.74, 6) is 1.14. The predicted octanol–water partition coefficient (Wildman–Crippen LogP) is 7.24. The number of amidine groups is 1.